The van der Waals surface area contributed by atoms with Gasteiger partial charge in [-0.3, -0.25) is 9.69 Å². The van der Waals surface area contributed by atoms with E-state index in [9.17, 15) is 4.79 Å². The molecule has 0 fully saturated rings. The van der Waals surface area contributed by atoms with E-state index in [1.54, 1.807) is 11.9 Å². The van der Waals surface area contributed by atoms with Crippen LogP contribution in [0.2, 0.25) is 0 Å². The lowest BCUT2D eigenvalue weighted by Gasteiger charge is -2.15. The molecule has 4 rings (SSSR count). The molecule has 20 heavy (non-hydrogen) atoms. The smallest absolute Gasteiger partial charge is 0.259 e. The average Bonchev–Trinajstić information content (AvgIpc) is 2.98. The monoisotopic (exact) mass is 265 g/mol. The molecule has 3 aromatic rings. The second-order valence-corrected chi connectivity index (χ2v) is 4.77. The third-order valence-electron chi connectivity index (χ3n) is 3.50. The minimum atomic E-state index is -0.00995. The maximum atomic E-state index is 12.5. The molecule has 0 atom stereocenters. The largest absolute Gasteiger partial charge is 0.300 e. The van der Waals surface area contributed by atoms with Gasteiger partial charge < -0.3 is 0 Å². The number of benzene rings is 2. The zero-order valence-corrected chi connectivity index (χ0v) is 10.8. The molecule has 2 heterocycles. The Morgan fingerprint density at radius 2 is 1.95 bits per heavy atom. The Morgan fingerprint density at radius 1 is 1.15 bits per heavy atom. The second-order valence-electron chi connectivity index (χ2n) is 4.77. The molecule has 2 aromatic carbocycles. The van der Waals surface area contributed by atoms with Crippen LogP contribution < -0.4 is 4.90 Å². The first-order valence-electron chi connectivity index (χ1n) is 6.30. The summed E-state index contributed by atoms with van der Waals surface area (Å²) in [6.07, 6.45) is 0. The minimum Gasteiger partial charge on any atom is -0.300 e. The maximum Gasteiger partial charge on any atom is 0.259 e. The van der Waals surface area contributed by atoms with Gasteiger partial charge in [-0.05, 0) is 22.7 Å². The van der Waals surface area contributed by atoms with E-state index in [1.165, 1.54) is 4.80 Å². The standard InChI is InChI=1S/C14H11N5O/c1-18-16-12(15-17-18)8-19-11-7-3-5-9-4-2-6-10(13(9)11)14(19)20/h2-7H,8H2,1H3. The number of tetrazole rings is 1. The molecule has 0 radical (unpaired) electrons. The Morgan fingerprint density at radius 3 is 2.70 bits per heavy atom. The van der Waals surface area contributed by atoms with E-state index >= 15 is 0 Å². The lowest BCUT2D eigenvalue weighted by atomic mass is 10.1. The number of hydrogen-bond acceptors (Lipinski definition) is 4. The summed E-state index contributed by atoms with van der Waals surface area (Å²) in [5.74, 6) is 0.523. The molecule has 1 aliphatic rings. The number of nitrogens with zero attached hydrogens (tertiary/aromatic N) is 5. The molecule has 0 aliphatic carbocycles. The van der Waals surface area contributed by atoms with Crippen molar-refractivity contribution in [2.45, 2.75) is 6.54 Å². The fraction of sp³-hybridized carbons (Fsp3) is 0.143. The van der Waals surface area contributed by atoms with Crippen LogP contribution in [0.1, 0.15) is 16.2 Å². The fourth-order valence-corrected chi connectivity index (χ4v) is 2.66. The van der Waals surface area contributed by atoms with Crippen molar-refractivity contribution in [3.8, 4) is 0 Å². The van der Waals surface area contributed by atoms with E-state index < -0.39 is 0 Å². The number of amides is 1. The molecule has 0 saturated heterocycles. The number of hydrogen-bond donors (Lipinski definition) is 0. The Bertz CT molecular complexity index is 833. The van der Waals surface area contributed by atoms with Gasteiger partial charge in [0.1, 0.15) is 0 Å². The first-order valence-corrected chi connectivity index (χ1v) is 6.30. The first kappa shape index (κ1) is 11.1. The topological polar surface area (TPSA) is 63.9 Å². The van der Waals surface area contributed by atoms with Crippen molar-refractivity contribution in [3.05, 3.63) is 47.8 Å². The van der Waals surface area contributed by atoms with Crippen molar-refractivity contribution in [1.29, 1.82) is 0 Å². The number of aromatic nitrogens is 4. The third kappa shape index (κ3) is 1.45. The SMILES string of the molecule is Cn1nnc(CN2C(=O)c3cccc4cccc2c34)n1. The molecule has 1 aromatic heterocycles. The number of carbonyl (C=O) groups is 1. The molecule has 98 valence electrons. The summed E-state index contributed by atoms with van der Waals surface area (Å²) in [4.78, 5) is 15.6. The zero-order chi connectivity index (χ0) is 13.7. The highest BCUT2D eigenvalue weighted by molar-refractivity contribution is 6.24. The summed E-state index contributed by atoms with van der Waals surface area (Å²) < 4.78 is 0. The maximum absolute atomic E-state index is 12.5. The van der Waals surface area contributed by atoms with Crippen molar-refractivity contribution in [2.24, 2.45) is 7.05 Å². The van der Waals surface area contributed by atoms with Crippen molar-refractivity contribution >= 4 is 22.4 Å². The van der Waals surface area contributed by atoms with Crippen LogP contribution in [0, 0.1) is 0 Å². The fourth-order valence-electron chi connectivity index (χ4n) is 2.66. The van der Waals surface area contributed by atoms with Crippen LogP contribution in [0.25, 0.3) is 10.8 Å². The van der Waals surface area contributed by atoms with E-state index in [0.29, 0.717) is 12.4 Å². The molecule has 6 nitrogen and oxygen atoms in total. The van der Waals surface area contributed by atoms with Gasteiger partial charge in [-0.1, -0.05) is 24.3 Å². The van der Waals surface area contributed by atoms with E-state index in [4.69, 9.17) is 0 Å². The molecule has 1 amide bonds. The number of carbonyl (C=O) groups excluding carboxylic acids is 1. The van der Waals surface area contributed by atoms with Crippen LogP contribution in [0.5, 0.6) is 0 Å². The Hall–Kier alpha value is -2.76. The van der Waals surface area contributed by atoms with Crippen molar-refractivity contribution in [2.75, 3.05) is 4.90 Å². The van der Waals surface area contributed by atoms with Crippen LogP contribution in [-0.2, 0) is 13.6 Å². The Balaban J connectivity index is 1.84. The van der Waals surface area contributed by atoms with Gasteiger partial charge in [-0.25, -0.2) is 0 Å². The minimum absolute atomic E-state index is 0.00995. The second kappa shape index (κ2) is 3.86. The van der Waals surface area contributed by atoms with Gasteiger partial charge in [0, 0.05) is 10.9 Å². The van der Waals surface area contributed by atoms with Gasteiger partial charge in [0.2, 0.25) is 0 Å². The summed E-state index contributed by atoms with van der Waals surface area (Å²) in [5.41, 5.74) is 1.65. The highest BCUT2D eigenvalue weighted by atomic mass is 16.2. The molecule has 0 unspecified atom stereocenters. The van der Waals surface area contributed by atoms with Gasteiger partial charge in [0.05, 0.1) is 19.3 Å². The molecule has 6 heteroatoms. The Labute approximate surface area is 114 Å². The first-order chi connectivity index (χ1) is 9.74. The molecule has 0 bridgehead atoms. The van der Waals surface area contributed by atoms with Gasteiger partial charge in [0.25, 0.3) is 5.91 Å². The molecule has 0 N–H and O–H groups in total. The molecule has 0 spiro atoms. The van der Waals surface area contributed by atoms with Crippen LogP contribution in [-0.4, -0.2) is 26.1 Å². The zero-order valence-electron chi connectivity index (χ0n) is 10.8. The van der Waals surface area contributed by atoms with Crippen molar-refractivity contribution < 1.29 is 4.79 Å². The summed E-state index contributed by atoms with van der Waals surface area (Å²) >= 11 is 0. The van der Waals surface area contributed by atoms with Crippen LogP contribution in [0.4, 0.5) is 5.69 Å². The quantitative estimate of drug-likeness (QED) is 0.704. The number of rotatable bonds is 2. The number of aryl methyl sites for hydroxylation is 1. The van der Waals surface area contributed by atoms with Crippen LogP contribution in [0.3, 0.4) is 0 Å². The summed E-state index contributed by atoms with van der Waals surface area (Å²) in [6.45, 7) is 0.334. The van der Waals surface area contributed by atoms with E-state index in [-0.39, 0.29) is 5.91 Å². The highest BCUT2D eigenvalue weighted by Gasteiger charge is 2.30. The predicted molar refractivity (Wildman–Crippen MR) is 73.3 cm³/mol. The average molecular weight is 265 g/mol. The third-order valence-corrected chi connectivity index (χ3v) is 3.50. The van der Waals surface area contributed by atoms with Crippen molar-refractivity contribution in [1.82, 2.24) is 20.2 Å². The number of anilines is 1. The van der Waals surface area contributed by atoms with Crippen molar-refractivity contribution in [3.63, 3.8) is 0 Å². The predicted octanol–water partition coefficient (Wildman–Crippen LogP) is 1.52. The highest BCUT2D eigenvalue weighted by Crippen LogP contribution is 2.37. The molecule has 1 aliphatic heterocycles. The molecular weight excluding hydrogens is 254 g/mol. The summed E-state index contributed by atoms with van der Waals surface area (Å²) in [5, 5.41) is 14.0. The Kier molecular flexibility index (Phi) is 2.14. The summed E-state index contributed by atoms with van der Waals surface area (Å²) in [7, 11) is 1.71. The lowest BCUT2D eigenvalue weighted by molar-refractivity contribution is 0.0991. The van der Waals surface area contributed by atoms with Crippen LogP contribution >= 0.6 is 0 Å². The van der Waals surface area contributed by atoms with E-state index in [1.807, 2.05) is 36.4 Å². The molecular formula is C14H11N5O. The van der Waals surface area contributed by atoms with Crippen LogP contribution in [0.15, 0.2) is 36.4 Å². The van der Waals surface area contributed by atoms with Gasteiger partial charge in [0.15, 0.2) is 5.82 Å². The van der Waals surface area contributed by atoms with Gasteiger partial charge in [-0.15, -0.1) is 10.2 Å². The normalized spacial score (nSPS) is 13.4. The molecule has 0 saturated carbocycles. The lowest BCUT2D eigenvalue weighted by Crippen LogP contribution is -2.26. The van der Waals surface area contributed by atoms with Gasteiger partial charge in [-0.2, -0.15) is 4.80 Å². The summed E-state index contributed by atoms with van der Waals surface area (Å²) in [6, 6.07) is 11.7. The van der Waals surface area contributed by atoms with E-state index in [2.05, 4.69) is 15.4 Å². The van der Waals surface area contributed by atoms with E-state index in [0.717, 1.165) is 22.0 Å². The van der Waals surface area contributed by atoms with Gasteiger partial charge >= 0.3 is 0 Å².